The molecule has 1 atom stereocenters. The Balaban J connectivity index is 1.84. The minimum Gasteiger partial charge on any atom is -0.497 e. The summed E-state index contributed by atoms with van der Waals surface area (Å²) in [5.41, 5.74) is 2.10. The third-order valence-corrected chi connectivity index (χ3v) is 7.89. The van der Waals surface area contributed by atoms with E-state index in [1.807, 2.05) is 42.5 Å². The van der Waals surface area contributed by atoms with Gasteiger partial charge in [-0.05, 0) is 47.9 Å². The molecule has 208 valence electrons. The molecule has 1 N–H and O–H groups in total. The number of anilines is 1. The van der Waals surface area contributed by atoms with E-state index in [0.29, 0.717) is 28.4 Å². The van der Waals surface area contributed by atoms with Gasteiger partial charge in [0.1, 0.15) is 11.8 Å². The fourth-order valence-electron chi connectivity index (χ4n) is 4.28. The summed E-state index contributed by atoms with van der Waals surface area (Å²) in [6.07, 6.45) is 1.74. The summed E-state index contributed by atoms with van der Waals surface area (Å²) in [6.45, 7) is 0.234. The first kappa shape index (κ1) is 30.0. The highest BCUT2D eigenvalue weighted by atomic mass is 35.5. The third-order valence-electron chi connectivity index (χ3n) is 6.33. The zero-order chi connectivity index (χ0) is 28.4. The van der Waals surface area contributed by atoms with E-state index in [0.717, 1.165) is 11.8 Å². The molecule has 0 heterocycles. The number of amides is 2. The van der Waals surface area contributed by atoms with Gasteiger partial charge in [0, 0.05) is 38.0 Å². The first-order valence-electron chi connectivity index (χ1n) is 12.5. The maximum Gasteiger partial charge on any atom is 0.242 e. The predicted octanol–water partition coefficient (Wildman–Crippen LogP) is 4.28. The van der Waals surface area contributed by atoms with Crippen molar-refractivity contribution in [1.29, 1.82) is 0 Å². The maximum atomic E-state index is 13.7. The van der Waals surface area contributed by atoms with E-state index in [4.69, 9.17) is 16.3 Å². The molecule has 0 aliphatic carbocycles. The highest BCUT2D eigenvalue weighted by Gasteiger charge is 2.30. The number of nitrogens with one attached hydrogen (secondary N) is 1. The van der Waals surface area contributed by atoms with Crippen LogP contribution >= 0.6 is 11.6 Å². The Hall–Kier alpha value is -3.56. The molecule has 0 saturated carbocycles. The zero-order valence-corrected chi connectivity index (χ0v) is 23.9. The lowest BCUT2D eigenvalue weighted by Crippen LogP contribution is -2.49. The molecule has 0 unspecified atom stereocenters. The van der Waals surface area contributed by atoms with Gasteiger partial charge in [0.15, 0.2) is 0 Å². The summed E-state index contributed by atoms with van der Waals surface area (Å²) in [6, 6.07) is 22.6. The van der Waals surface area contributed by atoms with Crippen molar-refractivity contribution in [2.24, 2.45) is 0 Å². The molecular weight excluding hydrogens is 538 g/mol. The molecule has 3 rings (SSSR count). The van der Waals surface area contributed by atoms with E-state index in [2.05, 4.69) is 5.32 Å². The number of nitrogens with zero attached hydrogens (tertiary/aromatic N) is 2. The van der Waals surface area contributed by atoms with E-state index in [1.54, 1.807) is 36.4 Å². The number of hydrogen-bond donors (Lipinski definition) is 1. The fraction of sp³-hybridized carbons (Fsp3) is 0.310. The van der Waals surface area contributed by atoms with Gasteiger partial charge in [-0.15, -0.1) is 0 Å². The highest BCUT2D eigenvalue weighted by molar-refractivity contribution is 7.92. The van der Waals surface area contributed by atoms with Crippen LogP contribution in [0.25, 0.3) is 0 Å². The number of halogens is 1. The normalized spacial score (nSPS) is 11.9. The maximum absolute atomic E-state index is 13.7. The standard InChI is InChI=1S/C29H34ClN3O5S/c1-31-29(35)27(20-22-10-5-4-6-11-22)32(21-23-12-7-8-13-26(23)30)28(34)14-9-19-33(39(3,36)37)24-15-17-25(38-2)18-16-24/h4-8,10-13,15-18,27H,9,14,19-21H2,1-3H3,(H,31,35)/t27-/m0/s1. The van der Waals surface area contributed by atoms with Gasteiger partial charge in [-0.1, -0.05) is 60.1 Å². The number of carbonyl (C=O) groups is 2. The van der Waals surface area contributed by atoms with Crippen LogP contribution in [0.3, 0.4) is 0 Å². The molecule has 39 heavy (non-hydrogen) atoms. The largest absolute Gasteiger partial charge is 0.497 e. The molecular formula is C29H34ClN3O5S. The molecule has 3 aromatic carbocycles. The van der Waals surface area contributed by atoms with Gasteiger partial charge in [-0.3, -0.25) is 13.9 Å². The van der Waals surface area contributed by atoms with Crippen molar-refractivity contribution in [1.82, 2.24) is 10.2 Å². The second-order valence-electron chi connectivity index (χ2n) is 9.07. The quantitative estimate of drug-likeness (QED) is 0.330. The van der Waals surface area contributed by atoms with E-state index in [9.17, 15) is 18.0 Å². The van der Waals surface area contributed by atoms with Gasteiger partial charge < -0.3 is 15.0 Å². The minimum atomic E-state index is -3.60. The van der Waals surface area contributed by atoms with Crippen LogP contribution in [0, 0.1) is 0 Å². The lowest BCUT2D eigenvalue weighted by Gasteiger charge is -2.32. The van der Waals surface area contributed by atoms with Gasteiger partial charge >= 0.3 is 0 Å². The zero-order valence-electron chi connectivity index (χ0n) is 22.3. The molecule has 8 nitrogen and oxygen atoms in total. The van der Waals surface area contributed by atoms with Crippen molar-refractivity contribution >= 4 is 39.1 Å². The lowest BCUT2D eigenvalue weighted by atomic mass is 10.0. The van der Waals surface area contributed by atoms with Crippen LogP contribution in [-0.4, -0.2) is 58.1 Å². The molecule has 0 bridgehead atoms. The molecule has 10 heteroatoms. The summed E-state index contributed by atoms with van der Waals surface area (Å²) < 4.78 is 31.5. The molecule has 0 spiro atoms. The lowest BCUT2D eigenvalue weighted by molar-refractivity contribution is -0.141. The van der Waals surface area contributed by atoms with E-state index in [-0.39, 0.29) is 37.7 Å². The number of rotatable bonds is 13. The van der Waals surface area contributed by atoms with Crippen LogP contribution in [0.5, 0.6) is 5.75 Å². The van der Waals surface area contributed by atoms with Crippen molar-refractivity contribution < 1.29 is 22.7 Å². The van der Waals surface area contributed by atoms with Crippen molar-refractivity contribution in [2.75, 3.05) is 31.3 Å². The van der Waals surface area contributed by atoms with Gasteiger partial charge in [0.25, 0.3) is 0 Å². The average molecular weight is 572 g/mol. The first-order chi connectivity index (χ1) is 18.6. The Morgan fingerprint density at radius 2 is 1.62 bits per heavy atom. The van der Waals surface area contributed by atoms with E-state index >= 15 is 0 Å². The second kappa shape index (κ2) is 14.0. The third kappa shape index (κ3) is 8.46. The monoisotopic (exact) mass is 571 g/mol. The molecule has 0 fully saturated rings. The summed E-state index contributed by atoms with van der Waals surface area (Å²) in [7, 11) is -0.524. The molecule has 0 aromatic heterocycles. The Morgan fingerprint density at radius 3 is 2.21 bits per heavy atom. The smallest absolute Gasteiger partial charge is 0.242 e. The second-order valence-corrected chi connectivity index (χ2v) is 11.4. The highest BCUT2D eigenvalue weighted by Crippen LogP contribution is 2.24. The Bertz CT molecular complexity index is 1350. The van der Waals surface area contributed by atoms with Gasteiger partial charge in [-0.25, -0.2) is 8.42 Å². The van der Waals surface area contributed by atoms with Crippen molar-refractivity contribution in [3.63, 3.8) is 0 Å². The summed E-state index contributed by atoms with van der Waals surface area (Å²) in [5.74, 6) is 0.0362. The Morgan fingerprint density at radius 1 is 0.974 bits per heavy atom. The van der Waals surface area contributed by atoms with Gasteiger partial charge in [0.2, 0.25) is 21.8 Å². The molecule has 0 aliphatic heterocycles. The number of sulfonamides is 1. The average Bonchev–Trinajstić information content (AvgIpc) is 2.93. The van der Waals surface area contributed by atoms with Crippen LogP contribution in [0.4, 0.5) is 5.69 Å². The van der Waals surface area contributed by atoms with Crippen LogP contribution in [-0.2, 0) is 32.6 Å². The van der Waals surface area contributed by atoms with Crippen LogP contribution in [0.1, 0.15) is 24.0 Å². The van der Waals surface area contributed by atoms with Crippen LogP contribution in [0.2, 0.25) is 5.02 Å². The fourth-order valence-corrected chi connectivity index (χ4v) is 5.44. The van der Waals surface area contributed by atoms with Crippen LogP contribution < -0.4 is 14.4 Å². The number of ether oxygens (including phenoxy) is 1. The summed E-state index contributed by atoms with van der Waals surface area (Å²) in [4.78, 5) is 28.3. The Kier molecular flexibility index (Phi) is 10.8. The number of hydrogen-bond acceptors (Lipinski definition) is 5. The number of likely N-dealkylation sites (N-methyl/N-ethyl adjacent to an activating group) is 1. The SMILES string of the molecule is CNC(=O)[C@H](Cc1ccccc1)N(Cc1ccccc1Cl)C(=O)CCCN(c1ccc(OC)cc1)S(C)(=O)=O. The van der Waals surface area contributed by atoms with Crippen LogP contribution in [0.15, 0.2) is 78.9 Å². The van der Waals surface area contributed by atoms with Gasteiger partial charge in [0.05, 0.1) is 19.1 Å². The number of benzene rings is 3. The first-order valence-corrected chi connectivity index (χ1v) is 14.8. The van der Waals surface area contributed by atoms with E-state index < -0.39 is 16.1 Å². The van der Waals surface area contributed by atoms with Gasteiger partial charge in [-0.2, -0.15) is 0 Å². The Labute approximate surface area is 235 Å². The predicted molar refractivity (Wildman–Crippen MR) is 154 cm³/mol. The van der Waals surface area contributed by atoms with Crippen molar-refractivity contribution in [3.05, 3.63) is 95.0 Å². The topological polar surface area (TPSA) is 96.0 Å². The summed E-state index contributed by atoms with van der Waals surface area (Å²) in [5, 5.41) is 3.18. The van der Waals surface area contributed by atoms with Crippen molar-refractivity contribution in [2.45, 2.75) is 31.8 Å². The molecule has 0 radical (unpaired) electrons. The minimum absolute atomic E-state index is 0.0366. The number of methoxy groups -OCH3 is 1. The molecule has 0 aliphatic rings. The molecule has 3 aromatic rings. The molecule has 2 amide bonds. The summed E-state index contributed by atoms with van der Waals surface area (Å²) >= 11 is 6.42. The van der Waals surface area contributed by atoms with E-state index in [1.165, 1.54) is 23.4 Å². The molecule has 0 saturated heterocycles. The van der Waals surface area contributed by atoms with Crippen molar-refractivity contribution in [3.8, 4) is 5.75 Å². The number of carbonyl (C=O) groups excluding carboxylic acids is 2.